The van der Waals surface area contributed by atoms with Gasteiger partial charge in [0.15, 0.2) is 0 Å². The van der Waals surface area contributed by atoms with E-state index >= 15 is 0 Å². The van der Waals surface area contributed by atoms with Crippen molar-refractivity contribution >= 4 is 17.5 Å². The number of carbonyl (C=O) groups is 1. The van der Waals surface area contributed by atoms with E-state index < -0.39 is 5.41 Å². The van der Waals surface area contributed by atoms with E-state index in [4.69, 9.17) is 11.6 Å². The van der Waals surface area contributed by atoms with Crippen LogP contribution in [0.2, 0.25) is 0 Å². The molecule has 0 aromatic carbocycles. The van der Waals surface area contributed by atoms with Crippen LogP contribution in [0.25, 0.3) is 0 Å². The lowest BCUT2D eigenvalue weighted by atomic mass is 9.90. The van der Waals surface area contributed by atoms with Crippen molar-refractivity contribution in [2.75, 3.05) is 5.88 Å². The van der Waals surface area contributed by atoms with Crippen LogP contribution in [-0.2, 0) is 4.79 Å². The van der Waals surface area contributed by atoms with Crippen molar-refractivity contribution in [3.8, 4) is 0 Å². The smallest absolute Gasteiger partial charge is 0.227 e. The number of amides is 1. The molecular formula is C14H26ClNO. The molecule has 1 atom stereocenters. The van der Waals surface area contributed by atoms with Crippen LogP contribution in [0.1, 0.15) is 59.3 Å². The molecule has 0 unspecified atom stereocenters. The fourth-order valence-electron chi connectivity index (χ4n) is 2.39. The lowest BCUT2D eigenvalue weighted by molar-refractivity contribution is -0.129. The van der Waals surface area contributed by atoms with Crippen LogP contribution in [0, 0.1) is 11.3 Å². The molecule has 1 aliphatic carbocycles. The van der Waals surface area contributed by atoms with Gasteiger partial charge in [0, 0.05) is 11.9 Å². The fourth-order valence-corrected chi connectivity index (χ4v) is 2.51. The highest BCUT2D eigenvalue weighted by molar-refractivity contribution is 6.19. The second-order valence-corrected chi connectivity index (χ2v) is 6.30. The lowest BCUT2D eigenvalue weighted by Crippen LogP contribution is -2.45. The average molecular weight is 260 g/mol. The van der Waals surface area contributed by atoms with Crippen molar-refractivity contribution in [2.45, 2.75) is 65.3 Å². The molecule has 0 heterocycles. The molecule has 100 valence electrons. The van der Waals surface area contributed by atoms with Crippen LogP contribution in [0.15, 0.2) is 0 Å². The van der Waals surface area contributed by atoms with E-state index in [-0.39, 0.29) is 11.9 Å². The van der Waals surface area contributed by atoms with Crippen molar-refractivity contribution in [1.82, 2.24) is 5.32 Å². The Morgan fingerprint density at radius 2 is 1.82 bits per heavy atom. The highest BCUT2D eigenvalue weighted by atomic mass is 35.5. The van der Waals surface area contributed by atoms with Gasteiger partial charge in [0.25, 0.3) is 0 Å². The first-order valence-corrected chi connectivity index (χ1v) is 7.38. The number of carbonyl (C=O) groups excluding carboxylic acids is 1. The second kappa shape index (κ2) is 6.63. The summed E-state index contributed by atoms with van der Waals surface area (Å²) in [7, 11) is 0. The van der Waals surface area contributed by atoms with Gasteiger partial charge in [-0.05, 0) is 39.5 Å². The summed E-state index contributed by atoms with van der Waals surface area (Å²) in [6.07, 6.45) is 7.83. The normalized spacial score (nSPS) is 20.7. The monoisotopic (exact) mass is 259 g/mol. The molecule has 1 amide bonds. The minimum Gasteiger partial charge on any atom is -0.353 e. The van der Waals surface area contributed by atoms with Crippen LogP contribution in [0.4, 0.5) is 0 Å². The number of rotatable bonds is 4. The zero-order valence-electron chi connectivity index (χ0n) is 11.4. The summed E-state index contributed by atoms with van der Waals surface area (Å²) in [5.41, 5.74) is -0.458. The number of halogens is 1. The minimum absolute atomic E-state index is 0.0873. The summed E-state index contributed by atoms with van der Waals surface area (Å²) < 4.78 is 0. The van der Waals surface area contributed by atoms with Gasteiger partial charge in [0.1, 0.15) is 0 Å². The Morgan fingerprint density at radius 1 is 1.29 bits per heavy atom. The fraction of sp³-hybridized carbons (Fsp3) is 0.929. The number of nitrogens with one attached hydrogen (secondary N) is 1. The van der Waals surface area contributed by atoms with E-state index in [0.29, 0.717) is 11.8 Å². The molecule has 0 aromatic rings. The Hall–Kier alpha value is -0.240. The van der Waals surface area contributed by atoms with Crippen LogP contribution >= 0.6 is 11.6 Å². The minimum atomic E-state index is -0.458. The highest BCUT2D eigenvalue weighted by Gasteiger charge is 2.29. The van der Waals surface area contributed by atoms with E-state index in [0.717, 1.165) is 0 Å². The van der Waals surface area contributed by atoms with Gasteiger partial charge in [-0.25, -0.2) is 0 Å². The molecule has 0 aliphatic heterocycles. The zero-order chi connectivity index (χ0) is 12.9. The Morgan fingerprint density at radius 3 is 2.29 bits per heavy atom. The van der Waals surface area contributed by atoms with Gasteiger partial charge in [0.05, 0.1) is 5.41 Å². The highest BCUT2D eigenvalue weighted by Crippen LogP contribution is 2.26. The Balaban J connectivity index is 2.47. The maximum absolute atomic E-state index is 12.0. The van der Waals surface area contributed by atoms with Gasteiger partial charge >= 0.3 is 0 Å². The summed E-state index contributed by atoms with van der Waals surface area (Å²) >= 11 is 5.82. The van der Waals surface area contributed by atoms with E-state index in [1.165, 1.54) is 38.5 Å². The Kier molecular flexibility index (Phi) is 5.78. The molecule has 1 fully saturated rings. The van der Waals surface area contributed by atoms with Crippen LogP contribution in [-0.4, -0.2) is 17.8 Å². The molecule has 0 aromatic heterocycles. The predicted octanol–water partition coefficient (Wildman–Crippen LogP) is 3.73. The van der Waals surface area contributed by atoms with E-state index in [1.54, 1.807) is 0 Å². The molecule has 1 rings (SSSR count). The maximum atomic E-state index is 12.0. The largest absolute Gasteiger partial charge is 0.353 e. The SMILES string of the molecule is C[C@H](NC(=O)C(C)(C)CCl)C1CCCCCC1. The number of hydrogen-bond acceptors (Lipinski definition) is 1. The van der Waals surface area contributed by atoms with E-state index in [9.17, 15) is 4.79 Å². The molecule has 3 heteroatoms. The van der Waals surface area contributed by atoms with Crippen LogP contribution in [0.3, 0.4) is 0 Å². The maximum Gasteiger partial charge on any atom is 0.227 e. The third-order valence-electron chi connectivity index (χ3n) is 3.91. The molecule has 0 bridgehead atoms. The van der Waals surface area contributed by atoms with Gasteiger partial charge in [0.2, 0.25) is 5.91 Å². The van der Waals surface area contributed by atoms with E-state index in [1.807, 2.05) is 13.8 Å². The van der Waals surface area contributed by atoms with Crippen molar-refractivity contribution in [3.63, 3.8) is 0 Å². The predicted molar refractivity (Wildman–Crippen MR) is 73.3 cm³/mol. The molecular weight excluding hydrogens is 234 g/mol. The Labute approximate surface area is 110 Å². The Bertz CT molecular complexity index is 245. The lowest BCUT2D eigenvalue weighted by Gasteiger charge is -2.28. The summed E-state index contributed by atoms with van der Waals surface area (Å²) in [5, 5.41) is 3.15. The van der Waals surface area contributed by atoms with Crippen LogP contribution < -0.4 is 5.32 Å². The number of alkyl halides is 1. The quantitative estimate of drug-likeness (QED) is 0.605. The van der Waals surface area contributed by atoms with E-state index in [2.05, 4.69) is 12.2 Å². The molecule has 17 heavy (non-hydrogen) atoms. The zero-order valence-corrected chi connectivity index (χ0v) is 12.1. The summed E-state index contributed by atoms with van der Waals surface area (Å²) in [5.74, 6) is 1.10. The molecule has 1 saturated carbocycles. The first-order chi connectivity index (χ1) is 7.97. The summed E-state index contributed by atoms with van der Waals surface area (Å²) in [6.45, 7) is 5.93. The van der Waals surface area contributed by atoms with Crippen molar-refractivity contribution in [2.24, 2.45) is 11.3 Å². The van der Waals surface area contributed by atoms with Crippen molar-refractivity contribution in [3.05, 3.63) is 0 Å². The van der Waals surface area contributed by atoms with Gasteiger partial charge in [-0.1, -0.05) is 25.7 Å². The molecule has 1 N–H and O–H groups in total. The van der Waals surface area contributed by atoms with Crippen molar-refractivity contribution in [1.29, 1.82) is 0 Å². The average Bonchev–Trinajstić information content (AvgIpc) is 2.57. The van der Waals surface area contributed by atoms with Gasteiger partial charge < -0.3 is 5.32 Å². The van der Waals surface area contributed by atoms with Gasteiger partial charge in [-0.2, -0.15) is 0 Å². The summed E-state index contributed by atoms with van der Waals surface area (Å²) in [4.78, 5) is 12.0. The molecule has 0 saturated heterocycles. The van der Waals surface area contributed by atoms with Crippen LogP contribution in [0.5, 0.6) is 0 Å². The summed E-state index contributed by atoms with van der Waals surface area (Å²) in [6, 6.07) is 0.281. The first-order valence-electron chi connectivity index (χ1n) is 6.84. The standard InChI is InChI=1S/C14H26ClNO/c1-11(12-8-6-4-5-7-9-12)16-13(17)14(2,3)10-15/h11-12H,4-10H2,1-3H3,(H,16,17)/t11-/m0/s1. The molecule has 1 aliphatic rings. The molecule has 2 nitrogen and oxygen atoms in total. The third kappa shape index (κ3) is 4.50. The second-order valence-electron chi connectivity index (χ2n) is 6.03. The third-order valence-corrected chi connectivity index (χ3v) is 4.58. The first kappa shape index (κ1) is 14.8. The molecule has 0 spiro atoms. The topological polar surface area (TPSA) is 29.1 Å². The number of hydrogen-bond donors (Lipinski definition) is 1. The van der Waals surface area contributed by atoms with Gasteiger partial charge in [-0.15, -0.1) is 11.6 Å². The van der Waals surface area contributed by atoms with Crippen molar-refractivity contribution < 1.29 is 4.79 Å². The van der Waals surface area contributed by atoms with Gasteiger partial charge in [-0.3, -0.25) is 4.79 Å². The molecule has 0 radical (unpaired) electrons.